The number of hydrogen-bond acceptors (Lipinski definition) is 10. The van der Waals surface area contributed by atoms with Crippen molar-refractivity contribution in [3.8, 4) is 28.4 Å². The molecule has 4 aromatic rings. The van der Waals surface area contributed by atoms with Gasteiger partial charge in [0.05, 0.1) is 40.8 Å². The van der Waals surface area contributed by atoms with E-state index in [-0.39, 0.29) is 23.9 Å². The first-order valence-electron chi connectivity index (χ1n) is 11.7. The summed E-state index contributed by atoms with van der Waals surface area (Å²) in [7, 11) is 1.74. The Morgan fingerprint density at radius 1 is 1.19 bits per heavy atom. The highest BCUT2D eigenvalue weighted by molar-refractivity contribution is 6.33. The summed E-state index contributed by atoms with van der Waals surface area (Å²) < 4.78 is 27.1. The second-order valence-electron chi connectivity index (χ2n) is 8.70. The van der Waals surface area contributed by atoms with E-state index in [1.165, 1.54) is 0 Å². The van der Waals surface area contributed by atoms with E-state index in [1.807, 2.05) is 0 Å². The average Bonchev–Trinajstić information content (AvgIpc) is 3.46. The molecule has 1 atom stereocenters. The molecule has 1 aromatic carbocycles. The van der Waals surface area contributed by atoms with Gasteiger partial charge in [0, 0.05) is 24.5 Å². The van der Waals surface area contributed by atoms with E-state index in [1.54, 1.807) is 56.4 Å². The first kappa shape index (κ1) is 25.0. The van der Waals surface area contributed by atoms with Gasteiger partial charge in [0.2, 0.25) is 0 Å². The molecular weight excluding hydrogens is 501 g/mol. The van der Waals surface area contributed by atoms with Crippen LogP contribution in [0.1, 0.15) is 22.8 Å². The van der Waals surface area contributed by atoms with Gasteiger partial charge in [0.15, 0.2) is 17.5 Å². The van der Waals surface area contributed by atoms with Crippen molar-refractivity contribution in [1.82, 2.24) is 30.4 Å². The van der Waals surface area contributed by atoms with Crippen LogP contribution in [-0.2, 0) is 13.1 Å². The third-order valence-corrected chi connectivity index (χ3v) is 6.34. The predicted molar refractivity (Wildman–Crippen MR) is 135 cm³/mol. The van der Waals surface area contributed by atoms with Crippen LogP contribution in [0.25, 0.3) is 22.6 Å². The second kappa shape index (κ2) is 10.4. The maximum absolute atomic E-state index is 16.1. The number of aromatic nitrogens is 5. The van der Waals surface area contributed by atoms with E-state index in [9.17, 15) is 5.11 Å². The van der Waals surface area contributed by atoms with Gasteiger partial charge in [0.25, 0.3) is 0 Å². The van der Waals surface area contributed by atoms with Gasteiger partial charge in [-0.15, -0.1) is 0 Å². The average molecular weight is 526 g/mol. The smallest absolute Gasteiger partial charge is 0.192 e. The zero-order valence-electron chi connectivity index (χ0n) is 20.5. The molecule has 0 fully saturated rings. The maximum Gasteiger partial charge on any atom is 0.192 e. The minimum absolute atomic E-state index is 0.0555. The van der Waals surface area contributed by atoms with Crippen molar-refractivity contribution >= 4 is 17.4 Å². The van der Waals surface area contributed by atoms with Crippen molar-refractivity contribution in [2.45, 2.75) is 33.0 Å². The number of anilines is 1. The Kier molecular flexibility index (Phi) is 7.00. The first-order valence-corrected chi connectivity index (χ1v) is 12.0. The molecule has 2 N–H and O–H groups in total. The third-order valence-electron chi connectivity index (χ3n) is 6.01. The van der Waals surface area contributed by atoms with E-state index < -0.39 is 11.9 Å². The Labute approximate surface area is 217 Å². The Morgan fingerprint density at radius 2 is 1.92 bits per heavy atom. The summed E-state index contributed by atoms with van der Waals surface area (Å²) in [4.78, 5) is 19.7. The lowest BCUT2D eigenvalue weighted by atomic mass is 10.1. The lowest BCUT2D eigenvalue weighted by Gasteiger charge is -2.19. The van der Waals surface area contributed by atoms with E-state index in [0.29, 0.717) is 53.0 Å². The van der Waals surface area contributed by atoms with Gasteiger partial charge >= 0.3 is 0 Å². The number of aliphatic hydroxyl groups excluding tert-OH is 1. The molecule has 0 unspecified atom stereocenters. The highest BCUT2D eigenvalue weighted by atomic mass is 35.5. The number of aliphatic hydroxyl groups is 1. The van der Waals surface area contributed by atoms with Crippen molar-refractivity contribution in [2.24, 2.45) is 0 Å². The van der Waals surface area contributed by atoms with E-state index >= 15 is 4.39 Å². The number of benzene rings is 1. The number of halogens is 2. The SMILES string of the molecule is CNC[C@@H](O)COc1ccc(Cl)c(-c2nc(-c3c(C)noc3C)c(F)c(N3Cc4nccnc4C3)n2)c1. The monoisotopic (exact) mass is 525 g/mol. The van der Waals surface area contributed by atoms with E-state index in [0.717, 1.165) is 11.4 Å². The van der Waals surface area contributed by atoms with Crippen LogP contribution < -0.4 is 15.0 Å². The summed E-state index contributed by atoms with van der Waals surface area (Å²) in [6, 6.07) is 5.01. The maximum atomic E-state index is 16.1. The zero-order valence-corrected chi connectivity index (χ0v) is 21.3. The highest BCUT2D eigenvalue weighted by Gasteiger charge is 2.30. The fourth-order valence-electron chi connectivity index (χ4n) is 4.23. The summed E-state index contributed by atoms with van der Waals surface area (Å²) in [6.45, 7) is 4.58. The topological polar surface area (TPSA) is 122 Å². The van der Waals surface area contributed by atoms with Crippen LogP contribution >= 0.6 is 11.6 Å². The largest absolute Gasteiger partial charge is 0.491 e. The van der Waals surface area contributed by atoms with Crippen LogP contribution in [0.5, 0.6) is 5.75 Å². The van der Waals surface area contributed by atoms with E-state index in [2.05, 4.69) is 30.4 Å². The molecule has 37 heavy (non-hydrogen) atoms. The highest BCUT2D eigenvalue weighted by Crippen LogP contribution is 2.38. The van der Waals surface area contributed by atoms with E-state index in [4.69, 9.17) is 20.9 Å². The lowest BCUT2D eigenvalue weighted by molar-refractivity contribution is 0.108. The van der Waals surface area contributed by atoms with Gasteiger partial charge in [-0.1, -0.05) is 16.8 Å². The summed E-state index contributed by atoms with van der Waals surface area (Å²) in [6.07, 6.45) is 2.53. The van der Waals surface area contributed by atoms with Crippen molar-refractivity contribution in [2.75, 3.05) is 25.1 Å². The Morgan fingerprint density at radius 3 is 2.57 bits per heavy atom. The van der Waals surface area contributed by atoms with Crippen molar-refractivity contribution < 1.29 is 18.8 Å². The first-order chi connectivity index (χ1) is 17.9. The van der Waals surface area contributed by atoms with Gasteiger partial charge in [-0.25, -0.2) is 14.4 Å². The second-order valence-corrected chi connectivity index (χ2v) is 9.11. The molecule has 0 spiro atoms. The fourth-order valence-corrected chi connectivity index (χ4v) is 4.43. The van der Waals surface area contributed by atoms with Gasteiger partial charge in [-0.05, 0) is 39.1 Å². The van der Waals surface area contributed by atoms with Crippen molar-refractivity contribution in [3.05, 3.63) is 64.3 Å². The van der Waals surface area contributed by atoms with Gasteiger partial charge in [0.1, 0.15) is 29.9 Å². The Balaban J connectivity index is 1.60. The molecule has 0 aliphatic carbocycles. The molecule has 1 aliphatic heterocycles. The minimum atomic E-state index is -0.692. The summed E-state index contributed by atoms with van der Waals surface area (Å²) >= 11 is 6.55. The quantitative estimate of drug-likeness (QED) is 0.353. The summed E-state index contributed by atoms with van der Waals surface area (Å²) in [5, 5.41) is 17.2. The minimum Gasteiger partial charge on any atom is -0.491 e. The molecule has 192 valence electrons. The van der Waals surface area contributed by atoms with Gasteiger partial charge in [-0.3, -0.25) is 9.97 Å². The molecule has 10 nitrogen and oxygen atoms in total. The van der Waals surface area contributed by atoms with Crippen molar-refractivity contribution in [3.63, 3.8) is 0 Å². The van der Waals surface area contributed by atoms with Crippen LogP contribution in [-0.4, -0.2) is 56.5 Å². The van der Waals surface area contributed by atoms with Crippen molar-refractivity contribution in [1.29, 1.82) is 0 Å². The number of nitrogens with one attached hydrogen (secondary N) is 1. The molecular formula is C25H25ClFN7O3. The van der Waals surface area contributed by atoms with Crippen LogP contribution in [0, 0.1) is 19.7 Å². The van der Waals surface area contributed by atoms with Gasteiger partial charge < -0.3 is 24.6 Å². The number of ether oxygens (including phenoxy) is 1. The molecule has 4 heterocycles. The Bertz CT molecular complexity index is 1400. The number of likely N-dealkylation sites (N-methyl/N-ethyl adjacent to an activating group) is 1. The standard InChI is InChI=1S/C25H25ClFN7O3/c1-13-21(14(2)37-33-13)23-22(27)25(34-10-19-20(11-34)30-7-6-29-19)32-24(31-23)17-8-16(4-5-18(17)26)36-12-15(35)9-28-3/h4-8,15,28,35H,9-12H2,1-3H3/t15-/m1/s1. The summed E-state index contributed by atoms with van der Waals surface area (Å²) in [5.41, 5.74) is 2.98. The molecule has 3 aromatic heterocycles. The number of nitrogens with zero attached hydrogens (tertiary/aromatic N) is 6. The van der Waals surface area contributed by atoms with Gasteiger partial charge in [-0.2, -0.15) is 0 Å². The molecule has 0 saturated heterocycles. The predicted octanol–water partition coefficient (Wildman–Crippen LogP) is 3.48. The number of aryl methyl sites for hydroxylation is 2. The van der Waals surface area contributed by atoms with Crippen LogP contribution in [0.2, 0.25) is 5.02 Å². The molecule has 1 aliphatic rings. The molecule has 0 bridgehead atoms. The Hall–Kier alpha value is -3.67. The number of hydrogen-bond donors (Lipinski definition) is 2. The fraction of sp³-hybridized carbons (Fsp3) is 0.320. The molecule has 5 rings (SSSR count). The van der Waals surface area contributed by atoms with Crippen LogP contribution in [0.3, 0.4) is 0 Å². The normalized spacial score (nSPS) is 13.6. The number of fused-ring (bicyclic) bond motifs is 1. The molecule has 0 saturated carbocycles. The number of rotatable bonds is 8. The van der Waals surface area contributed by atoms with Crippen LogP contribution in [0.15, 0.2) is 35.1 Å². The zero-order chi connectivity index (χ0) is 26.1. The van der Waals surface area contributed by atoms with Crippen LogP contribution in [0.4, 0.5) is 10.2 Å². The molecule has 0 radical (unpaired) electrons. The molecule has 12 heteroatoms. The third kappa shape index (κ3) is 4.97. The summed E-state index contributed by atoms with van der Waals surface area (Å²) in [5.74, 6) is 0.581. The molecule has 0 amide bonds. The lowest BCUT2D eigenvalue weighted by Crippen LogP contribution is -2.29.